The van der Waals surface area contributed by atoms with Gasteiger partial charge in [0, 0.05) is 36.6 Å². The lowest BCUT2D eigenvalue weighted by molar-refractivity contribution is 0.596. The van der Waals surface area contributed by atoms with Crippen molar-refractivity contribution in [2.45, 2.75) is 44.9 Å². The van der Waals surface area contributed by atoms with Crippen LogP contribution in [0, 0.1) is 13.8 Å². The van der Waals surface area contributed by atoms with E-state index < -0.39 is 0 Å². The van der Waals surface area contributed by atoms with Crippen LogP contribution in [0.2, 0.25) is 0 Å². The fraction of sp³-hybridized carbons (Fsp3) is 0.769. The Morgan fingerprint density at radius 2 is 2.24 bits per heavy atom. The van der Waals surface area contributed by atoms with Gasteiger partial charge in [-0.15, -0.1) is 0 Å². The molecule has 1 aromatic rings. The molecule has 0 amide bonds. The van der Waals surface area contributed by atoms with Crippen LogP contribution in [0.25, 0.3) is 0 Å². The normalized spacial score (nSPS) is 20.8. The monoisotopic (exact) mass is 253 g/mol. The predicted octanol–water partition coefficient (Wildman–Crippen LogP) is 2.41. The smallest absolute Gasteiger partial charge is 0.0641 e. The second kappa shape index (κ2) is 5.91. The lowest BCUT2D eigenvalue weighted by Gasteiger charge is -2.21. The Bertz CT molecular complexity index is 367. The second-order valence-corrected chi connectivity index (χ2v) is 6.30. The molecule has 1 aromatic heterocycles. The van der Waals surface area contributed by atoms with Crippen molar-refractivity contribution in [1.82, 2.24) is 15.1 Å². The molecule has 1 aliphatic heterocycles. The maximum atomic E-state index is 4.45. The summed E-state index contributed by atoms with van der Waals surface area (Å²) in [4.78, 5) is 0. The zero-order valence-electron chi connectivity index (χ0n) is 11.1. The molecule has 1 aliphatic rings. The van der Waals surface area contributed by atoms with E-state index in [1.165, 1.54) is 36.3 Å². The van der Waals surface area contributed by atoms with Gasteiger partial charge in [-0.3, -0.25) is 4.68 Å². The summed E-state index contributed by atoms with van der Waals surface area (Å²) < 4.78 is 1.97. The van der Waals surface area contributed by atoms with E-state index in [0.29, 0.717) is 0 Å². The van der Waals surface area contributed by atoms with Crippen molar-refractivity contribution < 1.29 is 0 Å². The molecule has 1 unspecified atom stereocenters. The first-order valence-electron chi connectivity index (χ1n) is 6.50. The Kier molecular flexibility index (Phi) is 4.51. The van der Waals surface area contributed by atoms with Crippen molar-refractivity contribution >= 4 is 11.8 Å². The zero-order valence-corrected chi connectivity index (χ0v) is 11.9. The van der Waals surface area contributed by atoms with Crippen molar-refractivity contribution in [3.8, 4) is 0 Å². The van der Waals surface area contributed by atoms with Crippen molar-refractivity contribution in [3.05, 3.63) is 17.0 Å². The molecule has 4 heteroatoms. The molecule has 0 saturated carbocycles. The van der Waals surface area contributed by atoms with Crippen LogP contribution in [0.15, 0.2) is 0 Å². The average molecular weight is 253 g/mol. The highest BCUT2D eigenvalue weighted by Crippen LogP contribution is 2.24. The number of aryl methyl sites for hydroxylation is 2. The zero-order chi connectivity index (χ0) is 12.3. The predicted molar refractivity (Wildman–Crippen MR) is 74.5 cm³/mol. The van der Waals surface area contributed by atoms with Crippen LogP contribution in [0.5, 0.6) is 0 Å². The minimum absolute atomic E-state index is 0.820. The molecule has 3 nitrogen and oxygen atoms in total. The molecule has 0 aromatic carbocycles. The van der Waals surface area contributed by atoms with Crippen molar-refractivity contribution in [3.63, 3.8) is 0 Å². The lowest BCUT2D eigenvalue weighted by atomic mass is 10.1. The van der Waals surface area contributed by atoms with Gasteiger partial charge < -0.3 is 5.32 Å². The molecular formula is C13H23N3S. The Hall–Kier alpha value is -0.480. The maximum absolute atomic E-state index is 4.45. The fourth-order valence-electron chi connectivity index (χ4n) is 2.40. The van der Waals surface area contributed by atoms with E-state index in [1.807, 2.05) is 11.7 Å². The Morgan fingerprint density at radius 1 is 1.41 bits per heavy atom. The highest BCUT2D eigenvalue weighted by atomic mass is 32.2. The summed E-state index contributed by atoms with van der Waals surface area (Å²) in [5.74, 6) is 1.34. The lowest BCUT2D eigenvalue weighted by Crippen LogP contribution is -2.26. The quantitative estimate of drug-likeness (QED) is 0.893. The molecule has 1 atom stereocenters. The molecule has 0 radical (unpaired) electrons. The van der Waals surface area contributed by atoms with E-state index in [1.54, 1.807) is 0 Å². The van der Waals surface area contributed by atoms with Crippen molar-refractivity contribution in [2.75, 3.05) is 12.3 Å². The number of nitrogens with zero attached hydrogens (tertiary/aromatic N) is 2. The molecule has 0 aliphatic carbocycles. The van der Waals surface area contributed by atoms with Crippen LogP contribution in [0.3, 0.4) is 0 Å². The summed E-state index contributed by atoms with van der Waals surface area (Å²) in [6, 6.07) is 0. The highest BCUT2D eigenvalue weighted by molar-refractivity contribution is 7.99. The third kappa shape index (κ3) is 3.26. The number of nitrogens with one attached hydrogen (secondary N) is 1. The van der Waals surface area contributed by atoms with E-state index >= 15 is 0 Å². The summed E-state index contributed by atoms with van der Waals surface area (Å²) in [6.45, 7) is 6.34. The van der Waals surface area contributed by atoms with Crippen LogP contribution in [-0.4, -0.2) is 27.3 Å². The number of thioether (sulfide) groups is 1. The van der Waals surface area contributed by atoms with Gasteiger partial charge in [0.25, 0.3) is 0 Å². The largest absolute Gasteiger partial charge is 0.311 e. The van der Waals surface area contributed by atoms with E-state index in [4.69, 9.17) is 0 Å². The van der Waals surface area contributed by atoms with Crippen LogP contribution in [-0.2, 0) is 13.6 Å². The summed E-state index contributed by atoms with van der Waals surface area (Å²) in [5.41, 5.74) is 3.81. The minimum Gasteiger partial charge on any atom is -0.311 e. The summed E-state index contributed by atoms with van der Waals surface area (Å²) in [6.07, 6.45) is 4.19. The summed E-state index contributed by atoms with van der Waals surface area (Å²) in [7, 11) is 2.02. The average Bonchev–Trinajstić information content (AvgIpc) is 2.57. The summed E-state index contributed by atoms with van der Waals surface area (Å²) >= 11 is 2.13. The van der Waals surface area contributed by atoms with Crippen LogP contribution < -0.4 is 5.32 Å². The maximum Gasteiger partial charge on any atom is 0.0641 e. The topological polar surface area (TPSA) is 29.9 Å². The number of hydrogen-bond donors (Lipinski definition) is 1. The van der Waals surface area contributed by atoms with Crippen LogP contribution in [0.4, 0.5) is 0 Å². The molecular weight excluding hydrogens is 230 g/mol. The Labute approximate surface area is 108 Å². The molecule has 0 bridgehead atoms. The first kappa shape index (κ1) is 13.0. The Balaban J connectivity index is 1.81. The standard InChI is InChI=1S/C13H23N3S/c1-10-13(11(2)16(3)15-10)9-14-8-12-6-4-5-7-17-12/h12,14H,4-9H2,1-3H3. The van der Waals surface area contributed by atoms with Gasteiger partial charge in [0.05, 0.1) is 5.69 Å². The second-order valence-electron chi connectivity index (χ2n) is 4.89. The molecule has 1 saturated heterocycles. The van der Waals surface area contributed by atoms with Gasteiger partial charge in [0.1, 0.15) is 0 Å². The van der Waals surface area contributed by atoms with Crippen LogP contribution >= 0.6 is 11.8 Å². The molecule has 2 heterocycles. The molecule has 1 N–H and O–H groups in total. The van der Waals surface area contributed by atoms with Gasteiger partial charge in [0.15, 0.2) is 0 Å². The van der Waals surface area contributed by atoms with Gasteiger partial charge in [0.2, 0.25) is 0 Å². The molecule has 0 spiro atoms. The van der Waals surface area contributed by atoms with E-state index in [0.717, 1.165) is 24.0 Å². The molecule has 96 valence electrons. The Morgan fingerprint density at radius 3 is 2.82 bits per heavy atom. The SMILES string of the molecule is Cc1nn(C)c(C)c1CNCC1CCCCS1. The minimum atomic E-state index is 0.820. The number of rotatable bonds is 4. The van der Waals surface area contributed by atoms with E-state index in [-0.39, 0.29) is 0 Å². The van der Waals surface area contributed by atoms with Crippen LogP contribution in [0.1, 0.15) is 36.2 Å². The summed E-state index contributed by atoms with van der Waals surface area (Å²) in [5, 5.41) is 8.86. The molecule has 17 heavy (non-hydrogen) atoms. The van der Waals surface area contributed by atoms with Crippen molar-refractivity contribution in [2.24, 2.45) is 7.05 Å². The van der Waals surface area contributed by atoms with E-state index in [2.05, 4.69) is 36.0 Å². The number of hydrogen-bond acceptors (Lipinski definition) is 3. The third-order valence-electron chi connectivity index (χ3n) is 3.61. The third-order valence-corrected chi connectivity index (χ3v) is 5.00. The first-order chi connectivity index (χ1) is 8.18. The van der Waals surface area contributed by atoms with E-state index in [9.17, 15) is 0 Å². The van der Waals surface area contributed by atoms with Gasteiger partial charge >= 0.3 is 0 Å². The number of aromatic nitrogens is 2. The first-order valence-corrected chi connectivity index (χ1v) is 7.54. The van der Waals surface area contributed by atoms with Gasteiger partial charge in [-0.25, -0.2) is 0 Å². The highest BCUT2D eigenvalue weighted by Gasteiger charge is 2.14. The molecule has 1 fully saturated rings. The van der Waals surface area contributed by atoms with Gasteiger partial charge in [-0.2, -0.15) is 16.9 Å². The van der Waals surface area contributed by atoms with Gasteiger partial charge in [-0.1, -0.05) is 6.42 Å². The van der Waals surface area contributed by atoms with Gasteiger partial charge in [-0.05, 0) is 32.4 Å². The fourth-order valence-corrected chi connectivity index (χ4v) is 3.67. The van der Waals surface area contributed by atoms with Crippen molar-refractivity contribution in [1.29, 1.82) is 0 Å². The molecule has 2 rings (SSSR count).